The average Bonchev–Trinajstić information content (AvgIpc) is 2.54. The maximum atomic E-state index is 12.9. The van der Waals surface area contributed by atoms with Crippen molar-refractivity contribution in [1.29, 1.82) is 0 Å². The molecule has 0 saturated carbocycles. The molecule has 0 aliphatic heterocycles. The van der Waals surface area contributed by atoms with E-state index in [1.165, 1.54) is 16.4 Å². The quantitative estimate of drug-likeness (QED) is 0.743. The molecular formula is C17H21N3O3S. The van der Waals surface area contributed by atoms with Crippen molar-refractivity contribution in [3.63, 3.8) is 0 Å². The predicted molar refractivity (Wildman–Crippen MR) is 93.4 cm³/mol. The fourth-order valence-corrected chi connectivity index (χ4v) is 3.70. The van der Waals surface area contributed by atoms with Crippen molar-refractivity contribution in [2.24, 2.45) is 5.73 Å². The maximum Gasteiger partial charge on any atom is 0.243 e. The normalized spacial score (nSPS) is 11.6. The van der Waals surface area contributed by atoms with Crippen molar-refractivity contribution in [2.75, 3.05) is 12.3 Å². The Labute approximate surface area is 142 Å². The lowest BCUT2D eigenvalue weighted by Crippen LogP contribution is -2.33. The number of nitrogens with two attached hydrogens (primary N) is 2. The Bertz CT molecular complexity index is 820. The summed E-state index contributed by atoms with van der Waals surface area (Å²) < 4.78 is 27.1. The van der Waals surface area contributed by atoms with Crippen LogP contribution in [0, 0.1) is 6.92 Å². The van der Waals surface area contributed by atoms with E-state index in [2.05, 4.69) is 0 Å². The molecule has 0 atom stereocenters. The fraction of sp³-hybridized carbons (Fsp3) is 0.235. The molecule has 0 fully saturated rings. The Kier molecular flexibility index (Phi) is 5.58. The van der Waals surface area contributed by atoms with Crippen LogP contribution >= 0.6 is 0 Å². The van der Waals surface area contributed by atoms with Gasteiger partial charge in [-0.1, -0.05) is 36.4 Å². The van der Waals surface area contributed by atoms with Crippen LogP contribution in [0.15, 0.2) is 53.4 Å². The van der Waals surface area contributed by atoms with Crippen LogP contribution in [0.4, 0.5) is 5.69 Å². The number of hydrogen-bond donors (Lipinski definition) is 2. The highest BCUT2D eigenvalue weighted by molar-refractivity contribution is 7.89. The van der Waals surface area contributed by atoms with Crippen LogP contribution in [0.25, 0.3) is 0 Å². The summed E-state index contributed by atoms with van der Waals surface area (Å²) in [5.74, 6) is -0.549. The first-order valence-electron chi connectivity index (χ1n) is 7.49. The molecule has 1 amide bonds. The average molecular weight is 347 g/mol. The lowest BCUT2D eigenvalue weighted by Gasteiger charge is -2.22. The molecule has 0 aliphatic carbocycles. The SMILES string of the molecule is Cc1ccc(S(=O)(=O)N(CCC(N)=O)Cc2ccccc2)cc1N. The van der Waals surface area contributed by atoms with Crippen LogP contribution in [-0.2, 0) is 21.4 Å². The van der Waals surface area contributed by atoms with Crippen molar-refractivity contribution in [3.05, 3.63) is 59.7 Å². The van der Waals surface area contributed by atoms with Gasteiger partial charge in [-0.15, -0.1) is 0 Å². The minimum Gasteiger partial charge on any atom is -0.398 e. The summed E-state index contributed by atoms with van der Waals surface area (Å²) in [7, 11) is -3.79. The molecule has 128 valence electrons. The third kappa shape index (κ3) is 4.33. The van der Waals surface area contributed by atoms with Gasteiger partial charge in [-0.25, -0.2) is 8.42 Å². The largest absolute Gasteiger partial charge is 0.398 e. The Balaban J connectivity index is 2.36. The highest BCUT2D eigenvalue weighted by atomic mass is 32.2. The molecule has 0 aromatic heterocycles. The summed E-state index contributed by atoms with van der Waals surface area (Å²) in [6.07, 6.45) is -0.0482. The van der Waals surface area contributed by atoms with Gasteiger partial charge in [0.25, 0.3) is 0 Å². The van der Waals surface area contributed by atoms with Gasteiger partial charge in [0, 0.05) is 25.2 Å². The van der Waals surface area contributed by atoms with Gasteiger partial charge in [0.05, 0.1) is 4.90 Å². The highest BCUT2D eigenvalue weighted by Gasteiger charge is 2.25. The topological polar surface area (TPSA) is 106 Å². The zero-order chi connectivity index (χ0) is 17.7. The third-order valence-corrected chi connectivity index (χ3v) is 5.54. The molecule has 0 saturated heterocycles. The molecule has 7 heteroatoms. The monoisotopic (exact) mass is 347 g/mol. The van der Waals surface area contributed by atoms with Crippen LogP contribution in [0.2, 0.25) is 0 Å². The van der Waals surface area contributed by atoms with Crippen molar-refractivity contribution >= 4 is 21.6 Å². The van der Waals surface area contributed by atoms with Crippen LogP contribution in [-0.4, -0.2) is 25.2 Å². The van der Waals surface area contributed by atoms with Gasteiger partial charge in [-0.05, 0) is 30.2 Å². The number of sulfonamides is 1. The summed E-state index contributed by atoms with van der Waals surface area (Å²) in [6.45, 7) is 1.98. The zero-order valence-corrected chi connectivity index (χ0v) is 14.3. The van der Waals surface area contributed by atoms with Gasteiger partial charge in [-0.3, -0.25) is 4.79 Å². The lowest BCUT2D eigenvalue weighted by atomic mass is 10.2. The van der Waals surface area contributed by atoms with Gasteiger partial charge in [0.15, 0.2) is 0 Å². The second-order valence-electron chi connectivity index (χ2n) is 5.56. The van der Waals surface area contributed by atoms with Crippen molar-refractivity contribution in [1.82, 2.24) is 4.31 Å². The maximum absolute atomic E-state index is 12.9. The lowest BCUT2D eigenvalue weighted by molar-refractivity contribution is -0.118. The van der Waals surface area contributed by atoms with Crippen LogP contribution in [0.1, 0.15) is 17.5 Å². The Hall–Kier alpha value is -2.38. The minimum absolute atomic E-state index is 0.0142. The number of nitrogen functional groups attached to an aromatic ring is 1. The van der Waals surface area contributed by atoms with E-state index < -0.39 is 15.9 Å². The number of hydrogen-bond acceptors (Lipinski definition) is 4. The minimum atomic E-state index is -3.79. The molecule has 0 aliphatic rings. The van der Waals surface area contributed by atoms with E-state index >= 15 is 0 Å². The first kappa shape index (κ1) is 18.0. The second-order valence-corrected chi connectivity index (χ2v) is 7.50. The summed E-state index contributed by atoms with van der Waals surface area (Å²) in [5.41, 5.74) is 13.1. The predicted octanol–water partition coefficient (Wildman–Crippen LogP) is 1.64. The molecule has 0 bridgehead atoms. The van der Waals surface area contributed by atoms with E-state index in [-0.39, 0.29) is 24.4 Å². The van der Waals surface area contributed by atoms with Gasteiger partial charge in [0.2, 0.25) is 15.9 Å². The number of nitrogens with zero attached hydrogens (tertiary/aromatic N) is 1. The number of carbonyl (C=O) groups is 1. The van der Waals surface area contributed by atoms with Crippen molar-refractivity contribution in [2.45, 2.75) is 24.8 Å². The fourth-order valence-electron chi connectivity index (χ4n) is 2.23. The first-order valence-corrected chi connectivity index (χ1v) is 8.93. The van der Waals surface area contributed by atoms with E-state index in [0.717, 1.165) is 11.1 Å². The summed E-state index contributed by atoms with van der Waals surface area (Å²) in [4.78, 5) is 11.2. The molecule has 0 heterocycles. The van der Waals surface area contributed by atoms with E-state index in [4.69, 9.17) is 11.5 Å². The molecule has 2 aromatic carbocycles. The summed E-state index contributed by atoms with van der Waals surface area (Å²) in [6, 6.07) is 13.8. The van der Waals surface area contributed by atoms with Gasteiger partial charge in [0.1, 0.15) is 0 Å². The third-order valence-electron chi connectivity index (χ3n) is 3.70. The molecule has 24 heavy (non-hydrogen) atoms. The van der Waals surface area contributed by atoms with Crippen LogP contribution < -0.4 is 11.5 Å². The highest BCUT2D eigenvalue weighted by Crippen LogP contribution is 2.22. The van der Waals surface area contributed by atoms with E-state index in [1.807, 2.05) is 30.3 Å². The number of primary amides is 1. The summed E-state index contributed by atoms with van der Waals surface area (Å²) in [5, 5.41) is 0. The zero-order valence-electron chi connectivity index (χ0n) is 13.5. The number of amides is 1. The summed E-state index contributed by atoms with van der Waals surface area (Å²) >= 11 is 0. The number of aryl methyl sites for hydroxylation is 1. The molecule has 0 radical (unpaired) electrons. The van der Waals surface area contributed by atoms with Gasteiger partial charge < -0.3 is 11.5 Å². The Morgan fingerprint density at radius 3 is 2.38 bits per heavy atom. The molecular weight excluding hydrogens is 326 g/mol. The molecule has 6 nitrogen and oxygen atoms in total. The number of anilines is 1. The van der Waals surface area contributed by atoms with E-state index in [9.17, 15) is 13.2 Å². The van der Waals surface area contributed by atoms with E-state index in [0.29, 0.717) is 5.69 Å². The van der Waals surface area contributed by atoms with Gasteiger partial charge >= 0.3 is 0 Å². The smallest absolute Gasteiger partial charge is 0.243 e. The van der Waals surface area contributed by atoms with E-state index in [1.54, 1.807) is 13.0 Å². The molecule has 0 spiro atoms. The van der Waals surface area contributed by atoms with Crippen molar-refractivity contribution in [3.8, 4) is 0 Å². The standard InChI is InChI=1S/C17H21N3O3S/c1-13-7-8-15(11-16(13)18)24(22,23)20(10-9-17(19)21)12-14-5-3-2-4-6-14/h2-8,11H,9-10,12,18H2,1H3,(H2,19,21). The second kappa shape index (κ2) is 7.46. The first-order chi connectivity index (χ1) is 11.3. The number of rotatable bonds is 7. The van der Waals surface area contributed by atoms with Crippen LogP contribution in [0.3, 0.4) is 0 Å². The van der Waals surface area contributed by atoms with Gasteiger partial charge in [-0.2, -0.15) is 4.31 Å². The Morgan fingerprint density at radius 2 is 1.79 bits per heavy atom. The molecule has 2 aromatic rings. The number of carbonyl (C=O) groups excluding carboxylic acids is 1. The molecule has 4 N–H and O–H groups in total. The van der Waals surface area contributed by atoms with Crippen molar-refractivity contribution < 1.29 is 13.2 Å². The molecule has 2 rings (SSSR count). The van der Waals surface area contributed by atoms with Crippen LogP contribution in [0.5, 0.6) is 0 Å². The number of benzene rings is 2. The molecule has 0 unspecified atom stereocenters. The Morgan fingerprint density at radius 1 is 1.12 bits per heavy atom.